The van der Waals surface area contributed by atoms with E-state index in [1.54, 1.807) is 0 Å². The highest BCUT2D eigenvalue weighted by molar-refractivity contribution is 5.66. The molecule has 0 aliphatic rings. The van der Waals surface area contributed by atoms with Crippen LogP contribution in [0.1, 0.15) is 64.7 Å². The third-order valence-corrected chi connectivity index (χ3v) is 2.76. The van der Waals surface area contributed by atoms with Gasteiger partial charge in [0.25, 0.3) is 0 Å². The first-order chi connectivity index (χ1) is 9.08. The van der Waals surface area contributed by atoms with Crippen LogP contribution >= 0.6 is 0 Å². The highest BCUT2D eigenvalue weighted by Gasteiger charge is 1.99. The molecule has 0 fully saturated rings. The monoisotopic (exact) mass is 276 g/mol. The smallest absolute Gasteiger partial charge is 0.303 e. The Bertz CT molecular complexity index is 182. The first kappa shape index (κ1) is 20.7. The summed E-state index contributed by atoms with van der Waals surface area (Å²) in [6.45, 7) is 3.07. The van der Waals surface area contributed by atoms with Crippen molar-refractivity contribution in [3.63, 3.8) is 0 Å². The van der Waals surface area contributed by atoms with Gasteiger partial charge in [0.15, 0.2) is 0 Å². The molecule has 5 nitrogen and oxygen atoms in total. The van der Waals surface area contributed by atoms with Crippen molar-refractivity contribution in [2.24, 2.45) is 11.5 Å². The van der Waals surface area contributed by atoms with E-state index in [0.717, 1.165) is 44.9 Å². The van der Waals surface area contributed by atoms with Gasteiger partial charge in [0.1, 0.15) is 0 Å². The van der Waals surface area contributed by atoms with E-state index in [0.29, 0.717) is 13.0 Å². The number of carbonyl (C=O) groups is 1. The molecule has 0 radical (unpaired) electrons. The van der Waals surface area contributed by atoms with Gasteiger partial charge in [-0.3, -0.25) is 4.79 Å². The van der Waals surface area contributed by atoms with Gasteiger partial charge in [0, 0.05) is 19.1 Å². The summed E-state index contributed by atoms with van der Waals surface area (Å²) in [6, 6.07) is 0.232. The Morgan fingerprint density at radius 2 is 1.74 bits per heavy atom. The molecule has 1 atom stereocenters. The van der Waals surface area contributed by atoms with Gasteiger partial charge in [-0.15, -0.1) is 0 Å². The quantitative estimate of drug-likeness (QED) is 0.431. The lowest BCUT2D eigenvalue weighted by molar-refractivity contribution is -0.137. The van der Waals surface area contributed by atoms with E-state index < -0.39 is 5.97 Å². The van der Waals surface area contributed by atoms with Crippen LogP contribution in [0.4, 0.5) is 0 Å². The average molecular weight is 276 g/mol. The van der Waals surface area contributed by atoms with Crippen LogP contribution in [0.25, 0.3) is 0 Å². The topological polar surface area (TPSA) is 110 Å². The van der Waals surface area contributed by atoms with Gasteiger partial charge < -0.3 is 21.7 Å². The predicted molar refractivity (Wildman–Crippen MR) is 79.0 cm³/mol. The lowest BCUT2D eigenvalue weighted by Crippen LogP contribution is -2.21. The van der Waals surface area contributed by atoms with E-state index in [4.69, 9.17) is 21.7 Å². The second-order valence-corrected chi connectivity index (χ2v) is 4.76. The van der Waals surface area contributed by atoms with Gasteiger partial charge in [-0.05, 0) is 38.6 Å². The molecule has 0 aliphatic heterocycles. The van der Waals surface area contributed by atoms with Crippen molar-refractivity contribution in [2.45, 2.75) is 70.8 Å². The van der Waals surface area contributed by atoms with Gasteiger partial charge in [0.2, 0.25) is 0 Å². The molecule has 0 bridgehead atoms. The molecule has 19 heavy (non-hydrogen) atoms. The largest absolute Gasteiger partial charge is 0.481 e. The van der Waals surface area contributed by atoms with Crippen molar-refractivity contribution in [1.29, 1.82) is 0 Å². The fourth-order valence-corrected chi connectivity index (χ4v) is 1.58. The molecular weight excluding hydrogens is 244 g/mol. The molecule has 5 heteroatoms. The second kappa shape index (κ2) is 17.4. The van der Waals surface area contributed by atoms with E-state index >= 15 is 0 Å². The van der Waals surface area contributed by atoms with Crippen molar-refractivity contribution in [2.75, 3.05) is 13.2 Å². The minimum Gasteiger partial charge on any atom is -0.481 e. The minimum atomic E-state index is -0.675. The molecule has 0 aliphatic carbocycles. The zero-order valence-corrected chi connectivity index (χ0v) is 12.3. The SMILES string of the molecule is CCCCCCC(=O)O.NCCCC(N)CCCO. The van der Waals surface area contributed by atoms with Crippen molar-refractivity contribution in [3.8, 4) is 0 Å². The predicted octanol–water partition coefficient (Wildman–Crippen LogP) is 1.87. The minimum absolute atomic E-state index is 0.232. The molecule has 0 saturated heterocycles. The Balaban J connectivity index is 0. The molecule has 0 saturated carbocycles. The molecule has 6 N–H and O–H groups in total. The summed E-state index contributed by atoms with van der Waals surface area (Å²) in [5.41, 5.74) is 11.0. The van der Waals surface area contributed by atoms with E-state index in [1.807, 2.05) is 0 Å². The fourth-order valence-electron chi connectivity index (χ4n) is 1.58. The van der Waals surface area contributed by atoms with Crippen molar-refractivity contribution in [1.82, 2.24) is 0 Å². The number of aliphatic carboxylic acids is 1. The van der Waals surface area contributed by atoms with E-state index in [2.05, 4.69) is 6.92 Å². The first-order valence-electron chi connectivity index (χ1n) is 7.36. The summed E-state index contributed by atoms with van der Waals surface area (Å²) >= 11 is 0. The van der Waals surface area contributed by atoms with Gasteiger partial charge >= 0.3 is 5.97 Å². The van der Waals surface area contributed by atoms with Gasteiger partial charge in [-0.2, -0.15) is 0 Å². The molecular formula is C14H32N2O3. The first-order valence-corrected chi connectivity index (χ1v) is 7.36. The highest BCUT2D eigenvalue weighted by atomic mass is 16.4. The molecule has 0 spiro atoms. The molecule has 0 rings (SSSR count). The van der Waals surface area contributed by atoms with E-state index in [9.17, 15) is 4.79 Å². The Morgan fingerprint density at radius 3 is 2.21 bits per heavy atom. The normalized spacial score (nSPS) is 11.6. The van der Waals surface area contributed by atoms with Crippen LogP contribution in [-0.4, -0.2) is 35.4 Å². The Kier molecular flexibility index (Phi) is 18.9. The molecule has 116 valence electrons. The Morgan fingerprint density at radius 1 is 1.11 bits per heavy atom. The average Bonchev–Trinajstić information content (AvgIpc) is 2.39. The second-order valence-electron chi connectivity index (χ2n) is 4.76. The number of unbranched alkanes of at least 4 members (excludes halogenated alkanes) is 3. The molecule has 0 aromatic heterocycles. The highest BCUT2D eigenvalue weighted by Crippen LogP contribution is 2.01. The maximum absolute atomic E-state index is 9.96. The summed E-state index contributed by atoms with van der Waals surface area (Å²) in [6.07, 6.45) is 8.25. The van der Waals surface area contributed by atoms with Crippen LogP contribution in [0.5, 0.6) is 0 Å². The van der Waals surface area contributed by atoms with E-state index in [1.165, 1.54) is 6.42 Å². The molecule has 0 aromatic carbocycles. The van der Waals surface area contributed by atoms with Crippen LogP contribution in [-0.2, 0) is 4.79 Å². The van der Waals surface area contributed by atoms with E-state index in [-0.39, 0.29) is 12.6 Å². The number of aliphatic hydroxyl groups is 1. The van der Waals surface area contributed by atoms with Crippen LogP contribution in [0.2, 0.25) is 0 Å². The molecule has 0 aromatic rings. The summed E-state index contributed by atoms with van der Waals surface area (Å²) in [7, 11) is 0. The van der Waals surface area contributed by atoms with Gasteiger partial charge in [-0.1, -0.05) is 26.2 Å². The summed E-state index contributed by atoms with van der Waals surface area (Å²) in [5, 5.41) is 16.7. The molecule has 1 unspecified atom stereocenters. The zero-order valence-electron chi connectivity index (χ0n) is 12.3. The van der Waals surface area contributed by atoms with Crippen LogP contribution in [0, 0.1) is 0 Å². The number of carboxylic acids is 1. The molecule has 0 amide bonds. The van der Waals surface area contributed by atoms with Crippen molar-refractivity contribution >= 4 is 5.97 Å². The maximum Gasteiger partial charge on any atom is 0.303 e. The summed E-state index contributed by atoms with van der Waals surface area (Å²) in [5.74, 6) is -0.675. The number of hydrogen-bond acceptors (Lipinski definition) is 4. The number of aliphatic hydroxyl groups excluding tert-OH is 1. The summed E-state index contributed by atoms with van der Waals surface area (Å²) in [4.78, 5) is 9.96. The fraction of sp³-hybridized carbons (Fsp3) is 0.929. The lowest BCUT2D eigenvalue weighted by Gasteiger charge is -2.08. The third-order valence-electron chi connectivity index (χ3n) is 2.76. The summed E-state index contributed by atoms with van der Waals surface area (Å²) < 4.78 is 0. The number of hydrogen-bond donors (Lipinski definition) is 4. The van der Waals surface area contributed by atoms with Crippen LogP contribution < -0.4 is 11.5 Å². The maximum atomic E-state index is 9.96. The number of rotatable bonds is 11. The Labute approximate surface area is 117 Å². The Hall–Kier alpha value is -0.650. The van der Waals surface area contributed by atoms with Crippen molar-refractivity contribution in [3.05, 3.63) is 0 Å². The lowest BCUT2D eigenvalue weighted by atomic mass is 10.1. The van der Waals surface area contributed by atoms with Crippen LogP contribution in [0.3, 0.4) is 0 Å². The zero-order chi connectivity index (χ0) is 14.9. The molecule has 0 heterocycles. The standard InChI is InChI=1S/C7H18N2O.C7H14O2/c8-5-1-3-7(9)4-2-6-10;1-2-3-4-5-6-7(8)9/h7,10H,1-6,8-9H2;2-6H2,1H3,(H,8,9). The number of nitrogens with two attached hydrogens (primary N) is 2. The van der Waals surface area contributed by atoms with Gasteiger partial charge in [-0.25, -0.2) is 0 Å². The third kappa shape index (κ3) is 22.9. The van der Waals surface area contributed by atoms with Crippen LogP contribution in [0.15, 0.2) is 0 Å². The number of carboxylic acid groups (broad SMARTS) is 1. The van der Waals surface area contributed by atoms with Gasteiger partial charge in [0.05, 0.1) is 0 Å². The van der Waals surface area contributed by atoms with Crippen molar-refractivity contribution < 1.29 is 15.0 Å².